The number of imidazole rings is 1. The number of aryl methyl sites for hydroxylation is 1. The highest BCUT2D eigenvalue weighted by molar-refractivity contribution is 9.10. The Balaban J connectivity index is 2.83. The molecule has 2 heterocycles. The summed E-state index contributed by atoms with van der Waals surface area (Å²) in [6, 6.07) is 1.99. The van der Waals surface area contributed by atoms with E-state index in [0.717, 1.165) is 15.7 Å². The standard InChI is InChI=1S/C8H8BrN3/c1-5-2-8-11-7(10)4-12(8)3-6(5)9/h2-4H,10H2,1H3. The number of nitrogen functional groups attached to an aromatic ring is 1. The Morgan fingerprint density at radius 1 is 1.50 bits per heavy atom. The van der Waals surface area contributed by atoms with E-state index in [1.807, 2.05) is 23.6 Å². The molecule has 0 saturated heterocycles. The molecule has 0 aliphatic carbocycles. The molecular formula is C8H8BrN3. The Morgan fingerprint density at radius 3 is 3.00 bits per heavy atom. The van der Waals surface area contributed by atoms with Crippen molar-refractivity contribution in [1.82, 2.24) is 9.38 Å². The molecule has 2 aromatic rings. The number of hydrogen-bond acceptors (Lipinski definition) is 2. The zero-order chi connectivity index (χ0) is 8.72. The third kappa shape index (κ3) is 1.08. The number of hydrogen-bond donors (Lipinski definition) is 1. The van der Waals surface area contributed by atoms with E-state index >= 15 is 0 Å². The minimum Gasteiger partial charge on any atom is -0.382 e. The van der Waals surface area contributed by atoms with Crippen LogP contribution in [0.25, 0.3) is 5.65 Å². The van der Waals surface area contributed by atoms with Crippen LogP contribution in [0, 0.1) is 6.92 Å². The van der Waals surface area contributed by atoms with Gasteiger partial charge in [0.05, 0.1) is 6.20 Å². The molecule has 0 bridgehead atoms. The lowest BCUT2D eigenvalue weighted by atomic mass is 10.3. The molecule has 2 N–H and O–H groups in total. The molecule has 0 fully saturated rings. The molecule has 3 nitrogen and oxygen atoms in total. The first-order chi connectivity index (χ1) is 5.66. The zero-order valence-corrected chi connectivity index (χ0v) is 8.17. The molecule has 0 unspecified atom stereocenters. The zero-order valence-electron chi connectivity index (χ0n) is 6.58. The topological polar surface area (TPSA) is 43.3 Å². The molecule has 0 atom stereocenters. The van der Waals surface area contributed by atoms with Crippen LogP contribution in [-0.4, -0.2) is 9.38 Å². The number of fused-ring (bicyclic) bond motifs is 1. The van der Waals surface area contributed by atoms with E-state index in [-0.39, 0.29) is 0 Å². The van der Waals surface area contributed by atoms with E-state index in [2.05, 4.69) is 20.9 Å². The average Bonchev–Trinajstić information content (AvgIpc) is 2.30. The predicted molar refractivity (Wildman–Crippen MR) is 52.0 cm³/mol. The van der Waals surface area contributed by atoms with Gasteiger partial charge < -0.3 is 10.1 Å². The molecule has 2 aromatic heterocycles. The van der Waals surface area contributed by atoms with E-state index in [9.17, 15) is 0 Å². The van der Waals surface area contributed by atoms with Crippen molar-refractivity contribution < 1.29 is 0 Å². The highest BCUT2D eigenvalue weighted by atomic mass is 79.9. The molecule has 4 heteroatoms. The first-order valence-electron chi connectivity index (χ1n) is 3.57. The van der Waals surface area contributed by atoms with Crippen molar-refractivity contribution in [2.75, 3.05) is 5.73 Å². The maximum Gasteiger partial charge on any atom is 0.142 e. The lowest BCUT2D eigenvalue weighted by Gasteiger charge is -1.97. The van der Waals surface area contributed by atoms with Crippen molar-refractivity contribution >= 4 is 27.4 Å². The van der Waals surface area contributed by atoms with E-state index in [4.69, 9.17) is 5.73 Å². The van der Waals surface area contributed by atoms with Crippen molar-refractivity contribution in [3.63, 3.8) is 0 Å². The second-order valence-electron chi connectivity index (χ2n) is 2.74. The quantitative estimate of drug-likeness (QED) is 0.746. The van der Waals surface area contributed by atoms with Crippen LogP contribution in [0.5, 0.6) is 0 Å². The number of aromatic nitrogens is 2. The predicted octanol–water partition coefficient (Wildman–Crippen LogP) is 1.99. The second kappa shape index (κ2) is 2.48. The number of halogens is 1. The molecule has 0 aliphatic rings. The third-order valence-electron chi connectivity index (χ3n) is 1.75. The Labute approximate surface area is 78.3 Å². The van der Waals surface area contributed by atoms with Gasteiger partial charge in [-0.3, -0.25) is 0 Å². The van der Waals surface area contributed by atoms with Crippen LogP contribution in [0.1, 0.15) is 5.56 Å². The fourth-order valence-electron chi connectivity index (χ4n) is 1.12. The summed E-state index contributed by atoms with van der Waals surface area (Å²) in [6.45, 7) is 2.02. The third-order valence-corrected chi connectivity index (χ3v) is 2.58. The van der Waals surface area contributed by atoms with Crippen LogP contribution in [0.2, 0.25) is 0 Å². The molecule has 0 aromatic carbocycles. The van der Waals surface area contributed by atoms with Crippen LogP contribution < -0.4 is 5.73 Å². The summed E-state index contributed by atoms with van der Waals surface area (Å²) in [6.07, 6.45) is 3.74. The van der Waals surface area contributed by atoms with Gasteiger partial charge in [-0.15, -0.1) is 0 Å². The van der Waals surface area contributed by atoms with Crippen LogP contribution in [-0.2, 0) is 0 Å². The van der Waals surface area contributed by atoms with E-state index < -0.39 is 0 Å². The normalized spacial score (nSPS) is 10.8. The second-order valence-corrected chi connectivity index (χ2v) is 3.59. The van der Waals surface area contributed by atoms with Crippen LogP contribution >= 0.6 is 15.9 Å². The monoisotopic (exact) mass is 225 g/mol. The number of pyridine rings is 1. The maximum atomic E-state index is 5.54. The lowest BCUT2D eigenvalue weighted by molar-refractivity contribution is 1.16. The number of anilines is 1. The van der Waals surface area contributed by atoms with Gasteiger partial charge in [0.1, 0.15) is 11.5 Å². The first kappa shape index (κ1) is 7.61. The average molecular weight is 226 g/mol. The largest absolute Gasteiger partial charge is 0.382 e. The summed E-state index contributed by atoms with van der Waals surface area (Å²) < 4.78 is 2.96. The van der Waals surface area contributed by atoms with E-state index in [1.165, 1.54) is 0 Å². The summed E-state index contributed by atoms with van der Waals surface area (Å²) >= 11 is 3.44. The molecular weight excluding hydrogens is 218 g/mol. The van der Waals surface area contributed by atoms with Gasteiger partial charge in [-0.2, -0.15) is 0 Å². The number of nitrogens with zero attached hydrogens (tertiary/aromatic N) is 2. The van der Waals surface area contributed by atoms with Crippen molar-refractivity contribution in [2.24, 2.45) is 0 Å². The number of nitrogens with two attached hydrogens (primary N) is 1. The molecule has 0 aliphatic heterocycles. The Hall–Kier alpha value is -1.03. The Bertz CT molecular complexity index is 394. The van der Waals surface area contributed by atoms with Gasteiger partial charge in [0.2, 0.25) is 0 Å². The smallest absolute Gasteiger partial charge is 0.142 e. The summed E-state index contributed by atoms with van der Waals surface area (Å²) in [4.78, 5) is 4.14. The first-order valence-corrected chi connectivity index (χ1v) is 4.36. The Morgan fingerprint density at radius 2 is 2.25 bits per heavy atom. The molecule has 62 valence electrons. The van der Waals surface area contributed by atoms with E-state index in [1.54, 1.807) is 6.20 Å². The minimum absolute atomic E-state index is 0.549. The van der Waals surface area contributed by atoms with Crippen LogP contribution in [0.4, 0.5) is 5.82 Å². The summed E-state index contributed by atoms with van der Waals surface area (Å²) in [7, 11) is 0. The van der Waals surface area contributed by atoms with Gasteiger partial charge in [0.15, 0.2) is 0 Å². The highest BCUT2D eigenvalue weighted by Gasteiger charge is 2.00. The molecule has 0 saturated carbocycles. The SMILES string of the molecule is Cc1cc2nc(N)cn2cc1Br. The summed E-state index contributed by atoms with van der Waals surface area (Å²) in [5.74, 6) is 0.549. The van der Waals surface area contributed by atoms with Gasteiger partial charge in [0.25, 0.3) is 0 Å². The number of rotatable bonds is 0. The Kier molecular flexibility index (Phi) is 1.58. The summed E-state index contributed by atoms with van der Waals surface area (Å²) in [5, 5.41) is 0. The molecule has 0 spiro atoms. The molecule has 2 rings (SSSR count). The molecule has 0 amide bonds. The van der Waals surface area contributed by atoms with Gasteiger partial charge in [-0.05, 0) is 34.5 Å². The molecule has 0 radical (unpaired) electrons. The highest BCUT2D eigenvalue weighted by Crippen LogP contribution is 2.18. The van der Waals surface area contributed by atoms with Gasteiger partial charge in [-0.1, -0.05) is 0 Å². The van der Waals surface area contributed by atoms with Crippen molar-refractivity contribution in [1.29, 1.82) is 0 Å². The van der Waals surface area contributed by atoms with Crippen molar-refractivity contribution in [2.45, 2.75) is 6.92 Å². The van der Waals surface area contributed by atoms with E-state index in [0.29, 0.717) is 5.82 Å². The van der Waals surface area contributed by atoms with Gasteiger partial charge in [-0.25, -0.2) is 4.98 Å². The molecule has 12 heavy (non-hydrogen) atoms. The van der Waals surface area contributed by atoms with Crippen LogP contribution in [0.3, 0.4) is 0 Å². The van der Waals surface area contributed by atoms with Gasteiger partial charge >= 0.3 is 0 Å². The van der Waals surface area contributed by atoms with Crippen molar-refractivity contribution in [3.05, 3.63) is 28.5 Å². The fourth-order valence-corrected chi connectivity index (χ4v) is 1.46. The maximum absolute atomic E-state index is 5.54. The lowest BCUT2D eigenvalue weighted by Crippen LogP contribution is -1.85. The van der Waals surface area contributed by atoms with Gasteiger partial charge in [0, 0.05) is 10.7 Å². The van der Waals surface area contributed by atoms with Crippen LogP contribution in [0.15, 0.2) is 22.9 Å². The fraction of sp³-hybridized carbons (Fsp3) is 0.125. The summed E-state index contributed by atoms with van der Waals surface area (Å²) in [5.41, 5.74) is 7.59. The van der Waals surface area contributed by atoms with Crippen molar-refractivity contribution in [3.8, 4) is 0 Å². The minimum atomic E-state index is 0.549.